The standard InChI is InChI=1S/C23H24F3N5O/c24-21(22(25)26)20-12-19(15-2-1-11-28-13-15)30-31(20)18-9-3-14(4-10-18)23(32)29-17-7-5-16(27)6-8-17/h1-4,9-13,16-17,21-22H,5-8,27H2,(H,29,32). The fourth-order valence-electron chi connectivity index (χ4n) is 3.87. The van der Waals surface area contributed by atoms with Gasteiger partial charge in [-0.2, -0.15) is 5.10 Å². The minimum Gasteiger partial charge on any atom is -0.349 e. The van der Waals surface area contributed by atoms with Crippen molar-refractivity contribution in [2.45, 2.75) is 50.4 Å². The van der Waals surface area contributed by atoms with Crippen LogP contribution in [0.4, 0.5) is 13.2 Å². The number of aromatic nitrogens is 3. The summed E-state index contributed by atoms with van der Waals surface area (Å²) in [6.45, 7) is 0. The summed E-state index contributed by atoms with van der Waals surface area (Å²) in [6.07, 6.45) is 0.824. The number of carbonyl (C=O) groups excluding carboxylic acids is 1. The van der Waals surface area contributed by atoms with Gasteiger partial charge in [-0.25, -0.2) is 17.9 Å². The second-order valence-corrected chi connectivity index (χ2v) is 7.98. The van der Waals surface area contributed by atoms with Gasteiger partial charge in [-0.15, -0.1) is 0 Å². The van der Waals surface area contributed by atoms with Crippen LogP contribution in [0.2, 0.25) is 0 Å². The minimum atomic E-state index is -3.19. The molecule has 1 atom stereocenters. The van der Waals surface area contributed by atoms with Crippen LogP contribution < -0.4 is 11.1 Å². The largest absolute Gasteiger partial charge is 0.349 e. The molecule has 1 unspecified atom stereocenters. The van der Waals surface area contributed by atoms with Crippen molar-refractivity contribution < 1.29 is 18.0 Å². The maximum Gasteiger partial charge on any atom is 0.275 e. The van der Waals surface area contributed by atoms with Crippen LogP contribution in [-0.2, 0) is 0 Å². The number of rotatable bonds is 6. The molecule has 4 rings (SSSR count). The number of benzene rings is 1. The van der Waals surface area contributed by atoms with Gasteiger partial charge in [-0.3, -0.25) is 9.78 Å². The van der Waals surface area contributed by atoms with Crippen LogP contribution in [0.5, 0.6) is 0 Å². The number of hydrogen-bond donors (Lipinski definition) is 2. The van der Waals surface area contributed by atoms with Gasteiger partial charge in [0.05, 0.1) is 17.1 Å². The lowest BCUT2D eigenvalue weighted by molar-refractivity contribution is 0.0460. The molecule has 0 radical (unpaired) electrons. The Morgan fingerprint density at radius 1 is 1.09 bits per heavy atom. The molecule has 0 spiro atoms. The maximum atomic E-state index is 14.3. The zero-order chi connectivity index (χ0) is 22.7. The number of halogens is 3. The first-order valence-corrected chi connectivity index (χ1v) is 10.5. The molecule has 2 heterocycles. The Balaban J connectivity index is 1.57. The lowest BCUT2D eigenvalue weighted by atomic mass is 9.91. The van der Waals surface area contributed by atoms with E-state index < -0.39 is 12.6 Å². The molecule has 3 aromatic rings. The topological polar surface area (TPSA) is 85.8 Å². The summed E-state index contributed by atoms with van der Waals surface area (Å²) in [5.41, 5.74) is 7.34. The molecule has 6 nitrogen and oxygen atoms in total. The third-order valence-electron chi connectivity index (χ3n) is 5.68. The first-order valence-electron chi connectivity index (χ1n) is 10.5. The van der Waals surface area contributed by atoms with E-state index in [2.05, 4.69) is 15.4 Å². The number of nitrogens with zero attached hydrogens (tertiary/aromatic N) is 3. The molecule has 1 saturated carbocycles. The zero-order valence-corrected chi connectivity index (χ0v) is 17.3. The van der Waals surface area contributed by atoms with Crippen LogP contribution in [-0.4, -0.2) is 39.2 Å². The summed E-state index contributed by atoms with van der Waals surface area (Å²) in [6, 6.07) is 11.2. The molecule has 1 fully saturated rings. The summed E-state index contributed by atoms with van der Waals surface area (Å²) in [7, 11) is 0. The fourth-order valence-corrected chi connectivity index (χ4v) is 3.87. The van der Waals surface area contributed by atoms with Crippen LogP contribution in [0.1, 0.15) is 47.9 Å². The van der Waals surface area contributed by atoms with Gasteiger partial charge >= 0.3 is 0 Å². The highest BCUT2D eigenvalue weighted by molar-refractivity contribution is 5.94. The minimum absolute atomic E-state index is 0.0834. The van der Waals surface area contributed by atoms with E-state index >= 15 is 0 Å². The first-order chi connectivity index (χ1) is 15.4. The molecule has 32 heavy (non-hydrogen) atoms. The van der Waals surface area contributed by atoms with Gasteiger partial charge in [-0.1, -0.05) is 0 Å². The second-order valence-electron chi connectivity index (χ2n) is 7.98. The van der Waals surface area contributed by atoms with Gasteiger partial charge in [0.2, 0.25) is 6.17 Å². The second kappa shape index (κ2) is 9.52. The SMILES string of the molecule is NC1CCC(NC(=O)c2ccc(-n3nc(-c4cccnc4)cc3C(F)C(F)F)cc2)CC1. The van der Waals surface area contributed by atoms with Crippen LogP contribution in [0.25, 0.3) is 16.9 Å². The summed E-state index contributed by atoms with van der Waals surface area (Å²) in [5, 5.41) is 7.32. The van der Waals surface area contributed by atoms with E-state index in [9.17, 15) is 18.0 Å². The number of hydrogen-bond acceptors (Lipinski definition) is 4. The van der Waals surface area contributed by atoms with Crippen LogP contribution in [0.3, 0.4) is 0 Å². The lowest BCUT2D eigenvalue weighted by Crippen LogP contribution is -2.40. The Labute approximate surface area is 183 Å². The Hall–Kier alpha value is -3.20. The van der Waals surface area contributed by atoms with E-state index in [1.165, 1.54) is 12.3 Å². The predicted molar refractivity (Wildman–Crippen MR) is 114 cm³/mol. The molecule has 3 N–H and O–H groups in total. The summed E-state index contributed by atoms with van der Waals surface area (Å²) < 4.78 is 41.8. The number of nitrogens with one attached hydrogen (secondary N) is 1. The highest BCUT2D eigenvalue weighted by Gasteiger charge is 2.28. The van der Waals surface area contributed by atoms with Gasteiger partial charge in [0.25, 0.3) is 12.3 Å². The Kier molecular flexibility index (Phi) is 6.55. The van der Waals surface area contributed by atoms with Crippen molar-refractivity contribution in [1.82, 2.24) is 20.1 Å². The summed E-state index contributed by atoms with van der Waals surface area (Å²) in [5.74, 6) is -0.218. The van der Waals surface area contributed by atoms with Crippen LogP contribution >= 0.6 is 0 Å². The van der Waals surface area contributed by atoms with Crippen molar-refractivity contribution >= 4 is 5.91 Å². The summed E-state index contributed by atoms with van der Waals surface area (Å²) >= 11 is 0. The molecule has 1 aliphatic rings. The molecule has 9 heteroatoms. The van der Waals surface area contributed by atoms with Crippen LogP contribution in [0, 0.1) is 0 Å². The Bertz CT molecular complexity index is 1050. The molecule has 0 bridgehead atoms. The van der Waals surface area contributed by atoms with E-state index in [1.807, 2.05) is 0 Å². The molecule has 1 aromatic carbocycles. The number of alkyl halides is 3. The zero-order valence-electron chi connectivity index (χ0n) is 17.3. The number of nitrogens with two attached hydrogens (primary N) is 1. The smallest absolute Gasteiger partial charge is 0.275 e. The third kappa shape index (κ3) is 4.83. The van der Waals surface area contributed by atoms with E-state index in [-0.39, 0.29) is 23.7 Å². The van der Waals surface area contributed by atoms with Crippen molar-refractivity contribution in [3.8, 4) is 16.9 Å². The molecule has 1 amide bonds. The molecule has 1 aliphatic carbocycles. The van der Waals surface area contributed by atoms with Gasteiger partial charge in [0.1, 0.15) is 0 Å². The Morgan fingerprint density at radius 2 is 1.81 bits per heavy atom. The van der Waals surface area contributed by atoms with E-state index in [1.54, 1.807) is 42.6 Å². The van der Waals surface area contributed by atoms with E-state index in [0.29, 0.717) is 22.5 Å². The fraction of sp³-hybridized carbons (Fsp3) is 0.348. The van der Waals surface area contributed by atoms with Crippen molar-refractivity contribution in [1.29, 1.82) is 0 Å². The van der Waals surface area contributed by atoms with Gasteiger partial charge in [0.15, 0.2) is 0 Å². The average molecular weight is 443 g/mol. The van der Waals surface area contributed by atoms with Crippen molar-refractivity contribution in [3.05, 3.63) is 66.1 Å². The van der Waals surface area contributed by atoms with E-state index in [0.717, 1.165) is 30.4 Å². The quantitative estimate of drug-likeness (QED) is 0.598. The van der Waals surface area contributed by atoms with E-state index in [4.69, 9.17) is 5.73 Å². The first kappa shape index (κ1) is 22.0. The van der Waals surface area contributed by atoms with Crippen molar-refractivity contribution in [2.24, 2.45) is 5.73 Å². The highest BCUT2D eigenvalue weighted by Crippen LogP contribution is 2.30. The van der Waals surface area contributed by atoms with Crippen molar-refractivity contribution in [2.75, 3.05) is 0 Å². The third-order valence-corrected chi connectivity index (χ3v) is 5.68. The maximum absolute atomic E-state index is 14.3. The highest BCUT2D eigenvalue weighted by atomic mass is 19.3. The molecular formula is C23H24F3N5O. The number of carbonyl (C=O) groups is 1. The van der Waals surface area contributed by atoms with Gasteiger partial charge < -0.3 is 11.1 Å². The number of amides is 1. The normalized spacial score (nSPS) is 19.7. The average Bonchev–Trinajstić information content (AvgIpc) is 3.26. The molecule has 2 aromatic heterocycles. The van der Waals surface area contributed by atoms with Crippen molar-refractivity contribution in [3.63, 3.8) is 0 Å². The molecule has 0 saturated heterocycles. The van der Waals surface area contributed by atoms with Crippen LogP contribution in [0.15, 0.2) is 54.9 Å². The summed E-state index contributed by atoms with van der Waals surface area (Å²) in [4.78, 5) is 16.6. The molecule has 0 aliphatic heterocycles. The number of pyridine rings is 1. The lowest BCUT2D eigenvalue weighted by Gasteiger charge is -2.26. The Morgan fingerprint density at radius 3 is 2.44 bits per heavy atom. The van der Waals surface area contributed by atoms with Gasteiger partial charge in [0, 0.05) is 35.6 Å². The predicted octanol–water partition coefficient (Wildman–Crippen LogP) is 4.21. The molecule has 168 valence electrons. The monoisotopic (exact) mass is 443 g/mol. The molecular weight excluding hydrogens is 419 g/mol. The van der Waals surface area contributed by atoms with Gasteiger partial charge in [-0.05, 0) is 68.1 Å².